The molecule has 2 aromatic rings. The lowest BCUT2D eigenvalue weighted by Gasteiger charge is -2.40. The van der Waals surface area contributed by atoms with Crippen molar-refractivity contribution >= 4 is 5.57 Å². The van der Waals surface area contributed by atoms with Gasteiger partial charge in [0.15, 0.2) is 5.79 Å². The Kier molecular flexibility index (Phi) is 10.5. The van der Waals surface area contributed by atoms with Gasteiger partial charge < -0.3 is 29.4 Å². The standard InChI is InChI=1S/C30H44N4O3/c1-25-9-3-4-10-28(25)29-11-5-13-30(26(29)2,37-22-8-18-33-19-12-27(35)23-33)36-21-7-15-31-14-6-17-34-20-16-32-24-34/h3-5,9-11,13,16,20,24,26-27,31,35H,6-8,12,14-15,17-19,21-23H2,1-2H3/t26?,27-,30?/m1/s1. The van der Waals surface area contributed by atoms with Crippen LogP contribution in [0, 0.1) is 12.8 Å². The predicted molar refractivity (Wildman–Crippen MR) is 148 cm³/mol. The molecular formula is C30H44N4O3. The largest absolute Gasteiger partial charge is 0.392 e. The van der Waals surface area contributed by atoms with Gasteiger partial charge in [-0.3, -0.25) is 0 Å². The second kappa shape index (κ2) is 14.0. The van der Waals surface area contributed by atoms with Gasteiger partial charge in [-0.25, -0.2) is 4.98 Å². The van der Waals surface area contributed by atoms with Gasteiger partial charge in [-0.05, 0) is 68.5 Å². The molecule has 1 aliphatic heterocycles. The zero-order valence-corrected chi connectivity index (χ0v) is 22.5. The van der Waals surface area contributed by atoms with Gasteiger partial charge in [0.05, 0.1) is 25.6 Å². The molecule has 202 valence electrons. The molecule has 7 heteroatoms. The Bertz CT molecular complexity index is 1010. The molecule has 1 aromatic heterocycles. The number of nitrogens with one attached hydrogen (secondary N) is 1. The van der Waals surface area contributed by atoms with Crippen molar-refractivity contribution in [2.24, 2.45) is 5.92 Å². The quantitative estimate of drug-likeness (QED) is 0.280. The summed E-state index contributed by atoms with van der Waals surface area (Å²) in [5, 5.41) is 13.3. The highest BCUT2D eigenvalue weighted by molar-refractivity contribution is 5.73. The van der Waals surface area contributed by atoms with Crippen molar-refractivity contribution in [3.05, 3.63) is 72.3 Å². The Labute approximate surface area is 222 Å². The molecule has 0 spiro atoms. The molecule has 1 saturated heterocycles. The molecule has 2 aliphatic rings. The zero-order valence-electron chi connectivity index (χ0n) is 22.5. The average Bonchev–Trinajstić information content (AvgIpc) is 3.57. The molecule has 1 aromatic carbocycles. The van der Waals surface area contributed by atoms with E-state index >= 15 is 0 Å². The molecule has 2 unspecified atom stereocenters. The maximum atomic E-state index is 9.81. The van der Waals surface area contributed by atoms with Crippen molar-refractivity contribution in [1.82, 2.24) is 19.8 Å². The number of aliphatic hydroxyl groups is 1. The molecule has 4 rings (SSSR count). The molecule has 37 heavy (non-hydrogen) atoms. The van der Waals surface area contributed by atoms with Gasteiger partial charge in [-0.2, -0.15) is 0 Å². The van der Waals surface area contributed by atoms with E-state index in [4.69, 9.17) is 9.47 Å². The fraction of sp³-hybridized carbons (Fsp3) is 0.567. The van der Waals surface area contributed by atoms with Crippen LogP contribution >= 0.6 is 0 Å². The second-order valence-corrected chi connectivity index (χ2v) is 10.3. The Morgan fingerprint density at radius 3 is 2.68 bits per heavy atom. The van der Waals surface area contributed by atoms with Crippen LogP contribution in [0.5, 0.6) is 0 Å². The molecule has 0 bridgehead atoms. The number of likely N-dealkylation sites (tertiary alicyclic amines) is 1. The smallest absolute Gasteiger partial charge is 0.194 e. The Balaban J connectivity index is 1.29. The van der Waals surface area contributed by atoms with Gasteiger partial charge in [-0.1, -0.05) is 43.3 Å². The number of nitrogens with zero attached hydrogens (tertiary/aromatic N) is 3. The number of ether oxygens (including phenoxy) is 2. The highest BCUT2D eigenvalue weighted by Crippen LogP contribution is 2.40. The summed E-state index contributed by atoms with van der Waals surface area (Å²) in [4.78, 5) is 6.41. The molecule has 0 amide bonds. The molecule has 2 N–H and O–H groups in total. The minimum Gasteiger partial charge on any atom is -0.392 e. The van der Waals surface area contributed by atoms with Crippen LogP contribution in [0.4, 0.5) is 0 Å². The molecule has 2 heterocycles. The summed E-state index contributed by atoms with van der Waals surface area (Å²) < 4.78 is 15.3. The summed E-state index contributed by atoms with van der Waals surface area (Å²) in [5.41, 5.74) is 3.76. The van der Waals surface area contributed by atoms with Gasteiger partial charge >= 0.3 is 0 Å². The molecule has 7 nitrogen and oxygen atoms in total. The van der Waals surface area contributed by atoms with Gasteiger partial charge in [0.2, 0.25) is 0 Å². The van der Waals surface area contributed by atoms with Crippen LogP contribution in [0.15, 0.2) is 61.2 Å². The number of aryl methyl sites for hydroxylation is 2. The molecule has 1 fully saturated rings. The van der Waals surface area contributed by atoms with E-state index in [0.29, 0.717) is 13.2 Å². The van der Waals surface area contributed by atoms with Crippen LogP contribution < -0.4 is 5.32 Å². The lowest BCUT2D eigenvalue weighted by molar-refractivity contribution is -0.223. The van der Waals surface area contributed by atoms with Crippen LogP contribution in [0.25, 0.3) is 5.57 Å². The minimum atomic E-state index is -0.779. The number of hydrogen-bond donors (Lipinski definition) is 2. The predicted octanol–water partition coefficient (Wildman–Crippen LogP) is 4.04. The first-order valence-corrected chi connectivity index (χ1v) is 13.9. The summed E-state index contributed by atoms with van der Waals surface area (Å²) in [6, 6.07) is 8.53. The third-order valence-corrected chi connectivity index (χ3v) is 7.48. The Hall–Kier alpha value is -2.29. The number of hydrogen-bond acceptors (Lipinski definition) is 6. The average molecular weight is 509 g/mol. The minimum absolute atomic E-state index is 0.0651. The van der Waals surface area contributed by atoms with E-state index in [1.165, 1.54) is 16.7 Å². The fourth-order valence-electron chi connectivity index (χ4n) is 5.29. The Morgan fingerprint density at radius 2 is 1.92 bits per heavy atom. The monoisotopic (exact) mass is 508 g/mol. The number of rotatable bonds is 15. The first-order valence-electron chi connectivity index (χ1n) is 13.9. The van der Waals surface area contributed by atoms with Crippen molar-refractivity contribution < 1.29 is 14.6 Å². The van der Waals surface area contributed by atoms with Crippen molar-refractivity contribution in [3.8, 4) is 0 Å². The number of benzene rings is 1. The maximum Gasteiger partial charge on any atom is 0.194 e. The highest BCUT2D eigenvalue weighted by Gasteiger charge is 2.40. The summed E-state index contributed by atoms with van der Waals surface area (Å²) in [6.07, 6.45) is 15.7. The summed E-state index contributed by atoms with van der Waals surface area (Å²) in [7, 11) is 0. The third-order valence-electron chi connectivity index (χ3n) is 7.48. The van der Waals surface area contributed by atoms with E-state index in [1.54, 1.807) is 0 Å². The van der Waals surface area contributed by atoms with Crippen LogP contribution in [-0.4, -0.2) is 77.4 Å². The molecule has 0 radical (unpaired) electrons. The summed E-state index contributed by atoms with van der Waals surface area (Å²) >= 11 is 0. The molecule has 0 saturated carbocycles. The van der Waals surface area contributed by atoms with E-state index in [2.05, 4.69) is 76.1 Å². The van der Waals surface area contributed by atoms with Crippen molar-refractivity contribution in [2.45, 2.75) is 58.0 Å². The van der Waals surface area contributed by atoms with Gasteiger partial charge in [-0.15, -0.1) is 0 Å². The van der Waals surface area contributed by atoms with E-state index in [9.17, 15) is 5.11 Å². The first-order chi connectivity index (χ1) is 18.1. The van der Waals surface area contributed by atoms with Gasteiger partial charge in [0, 0.05) is 44.5 Å². The van der Waals surface area contributed by atoms with E-state index in [0.717, 1.165) is 65.0 Å². The van der Waals surface area contributed by atoms with Crippen molar-refractivity contribution in [2.75, 3.05) is 45.9 Å². The van der Waals surface area contributed by atoms with E-state index in [-0.39, 0.29) is 12.0 Å². The molecule has 1 aliphatic carbocycles. The van der Waals surface area contributed by atoms with Crippen LogP contribution in [0.2, 0.25) is 0 Å². The topological polar surface area (TPSA) is 71.8 Å². The fourth-order valence-corrected chi connectivity index (χ4v) is 5.29. The number of aliphatic hydroxyl groups excluding tert-OH is 1. The Morgan fingerprint density at radius 1 is 1.11 bits per heavy atom. The number of imidazole rings is 1. The van der Waals surface area contributed by atoms with Crippen LogP contribution in [0.1, 0.15) is 43.7 Å². The van der Waals surface area contributed by atoms with Crippen LogP contribution in [-0.2, 0) is 16.0 Å². The lowest BCUT2D eigenvalue weighted by atomic mass is 9.82. The van der Waals surface area contributed by atoms with Gasteiger partial charge in [0.1, 0.15) is 0 Å². The number of β-amino-alcohol motifs (C(OH)–C–C–N with tert-alkyl or cyclic N) is 1. The highest BCUT2D eigenvalue weighted by atomic mass is 16.7. The van der Waals surface area contributed by atoms with Crippen molar-refractivity contribution in [3.63, 3.8) is 0 Å². The lowest BCUT2D eigenvalue weighted by Crippen LogP contribution is -2.43. The number of aromatic nitrogens is 2. The SMILES string of the molecule is Cc1ccccc1C1=CC=CC(OCCCNCCCn2ccnc2)(OCCCN2CC[C@@H](O)C2)C1C. The van der Waals surface area contributed by atoms with Gasteiger partial charge in [0.25, 0.3) is 0 Å². The zero-order chi connectivity index (χ0) is 25.9. The van der Waals surface area contributed by atoms with Crippen molar-refractivity contribution in [1.29, 1.82) is 0 Å². The maximum absolute atomic E-state index is 9.81. The van der Waals surface area contributed by atoms with E-state index < -0.39 is 5.79 Å². The van der Waals surface area contributed by atoms with E-state index in [1.807, 2.05) is 18.7 Å². The third kappa shape index (κ3) is 7.85. The first kappa shape index (κ1) is 27.7. The normalized spacial score (nSPS) is 24.0. The molecule has 3 atom stereocenters. The number of allylic oxidation sites excluding steroid dienone is 2. The molecular weight excluding hydrogens is 464 g/mol. The summed E-state index contributed by atoms with van der Waals surface area (Å²) in [5.74, 6) is -0.714. The second-order valence-electron chi connectivity index (χ2n) is 10.3. The van der Waals surface area contributed by atoms with Crippen LogP contribution in [0.3, 0.4) is 0 Å². The summed E-state index contributed by atoms with van der Waals surface area (Å²) in [6.45, 7) is 11.2.